The summed E-state index contributed by atoms with van der Waals surface area (Å²) in [7, 11) is 0. The van der Waals surface area contributed by atoms with Crippen LogP contribution in [0.4, 0.5) is 0 Å². The van der Waals surface area contributed by atoms with Crippen molar-refractivity contribution in [3.8, 4) is 0 Å². The lowest BCUT2D eigenvalue weighted by molar-refractivity contribution is 0.665. The third kappa shape index (κ3) is 5.29. The number of benzene rings is 2. The zero-order chi connectivity index (χ0) is 13.3. The Morgan fingerprint density at radius 2 is 1.47 bits per heavy atom. The smallest absolute Gasteiger partial charge is 0.306 e. The first-order valence-corrected chi connectivity index (χ1v) is 11.8. The second-order valence-corrected chi connectivity index (χ2v) is 8.23. The Kier molecular flexibility index (Phi) is 6.97. The molecule has 0 aromatic heterocycles. The molecule has 0 aliphatic carbocycles. The summed E-state index contributed by atoms with van der Waals surface area (Å²) in [6, 6.07) is 21.8. The van der Waals surface area contributed by atoms with Crippen molar-refractivity contribution in [2.24, 2.45) is 0 Å². The van der Waals surface area contributed by atoms with E-state index in [0.717, 1.165) is 4.05 Å². The van der Waals surface area contributed by atoms with Crippen molar-refractivity contribution >= 4 is 31.1 Å². The molecule has 0 heterocycles. The van der Waals surface area contributed by atoms with Crippen LogP contribution >= 0.6 is 12.9 Å². The van der Waals surface area contributed by atoms with E-state index >= 15 is 0 Å². The number of hydrogen-bond donors (Lipinski definition) is 0. The Morgan fingerprint density at radius 1 is 0.842 bits per heavy atom. The van der Waals surface area contributed by atoms with E-state index < -0.39 is 0 Å². The summed E-state index contributed by atoms with van der Waals surface area (Å²) in [5, 5.41) is 0. The van der Waals surface area contributed by atoms with Gasteiger partial charge in [0.25, 0.3) is 0 Å². The van der Waals surface area contributed by atoms with Crippen molar-refractivity contribution in [1.82, 2.24) is 0 Å². The summed E-state index contributed by atoms with van der Waals surface area (Å²) in [4.78, 5) is 0. The molecular formula is C17H19BrMg. The van der Waals surface area contributed by atoms with Gasteiger partial charge in [0.15, 0.2) is 0 Å². The molecule has 19 heavy (non-hydrogen) atoms. The molecule has 2 heteroatoms. The summed E-state index contributed by atoms with van der Waals surface area (Å²) < 4.78 is 0.789. The summed E-state index contributed by atoms with van der Waals surface area (Å²) in [6.45, 7) is 0. The minimum Gasteiger partial charge on any atom is -0.306 e. The van der Waals surface area contributed by atoms with E-state index in [1.54, 1.807) is 0 Å². The second kappa shape index (κ2) is 8.78. The largest absolute Gasteiger partial charge is 0.476 e. The fraction of sp³-hybridized carbons (Fsp3) is 0.294. The molecular weight excluding hydrogens is 308 g/mol. The van der Waals surface area contributed by atoms with Crippen LogP contribution in [0.25, 0.3) is 0 Å². The number of rotatable bonds is 7. The Labute approximate surface area is 132 Å². The van der Waals surface area contributed by atoms with Gasteiger partial charge in [0, 0.05) is 0 Å². The Hall–Kier alpha value is -0.314. The predicted molar refractivity (Wildman–Crippen MR) is 87.9 cm³/mol. The van der Waals surface area contributed by atoms with Gasteiger partial charge in [-0.05, 0) is 18.4 Å². The van der Waals surface area contributed by atoms with Crippen LogP contribution < -0.4 is 0 Å². The van der Waals surface area contributed by atoms with Crippen LogP contribution in [0, 0.1) is 0 Å². The lowest BCUT2D eigenvalue weighted by Gasteiger charge is -2.14. The third-order valence-electron chi connectivity index (χ3n) is 3.57. The van der Waals surface area contributed by atoms with Crippen molar-refractivity contribution in [2.75, 3.05) is 0 Å². The van der Waals surface area contributed by atoms with E-state index in [4.69, 9.17) is 0 Å². The SMILES string of the molecule is [Br][Mg][CH](CCCCc1ccccc1)c1ccccc1. The number of halogens is 1. The first kappa shape index (κ1) is 15.1. The van der Waals surface area contributed by atoms with E-state index in [-0.39, 0.29) is 18.2 Å². The zero-order valence-corrected chi connectivity index (χ0v) is 14.3. The highest BCUT2D eigenvalue weighted by atomic mass is 79.9. The molecule has 0 nitrogen and oxygen atoms in total. The van der Waals surface area contributed by atoms with Crippen LogP contribution in [0.1, 0.15) is 34.4 Å². The molecule has 96 valence electrons. The minimum atomic E-state index is -0.149. The van der Waals surface area contributed by atoms with Crippen LogP contribution in [0.5, 0.6) is 0 Å². The van der Waals surface area contributed by atoms with E-state index in [2.05, 4.69) is 73.5 Å². The molecule has 0 saturated heterocycles. The zero-order valence-electron chi connectivity index (χ0n) is 11.3. The third-order valence-corrected chi connectivity index (χ3v) is 7.17. The highest BCUT2D eigenvalue weighted by Crippen LogP contribution is 2.22. The molecule has 0 aliphatic heterocycles. The maximum atomic E-state index is 3.79. The average molecular weight is 328 g/mol. The van der Waals surface area contributed by atoms with Crippen molar-refractivity contribution < 1.29 is 0 Å². The molecule has 2 rings (SSSR count). The van der Waals surface area contributed by atoms with Crippen molar-refractivity contribution in [3.63, 3.8) is 0 Å². The average Bonchev–Trinajstić information content (AvgIpc) is 2.49. The maximum Gasteiger partial charge on any atom is 0.476 e. The molecule has 1 atom stereocenters. The number of unbranched alkanes of at least 4 members (excludes halogenated alkanes) is 1. The summed E-state index contributed by atoms with van der Waals surface area (Å²) in [5.41, 5.74) is 2.99. The molecule has 0 saturated carbocycles. The summed E-state index contributed by atoms with van der Waals surface area (Å²) in [6.07, 6.45) is 5.17. The van der Waals surface area contributed by atoms with Crippen LogP contribution in [-0.2, 0) is 6.42 Å². The van der Waals surface area contributed by atoms with Gasteiger partial charge in [-0.15, -0.1) is 0 Å². The van der Waals surface area contributed by atoms with Gasteiger partial charge in [0.05, 0.1) is 0 Å². The molecule has 0 bridgehead atoms. The number of aryl methyl sites for hydroxylation is 1. The molecule has 0 amide bonds. The fourth-order valence-electron chi connectivity index (χ4n) is 2.42. The van der Waals surface area contributed by atoms with Gasteiger partial charge in [-0.25, -0.2) is 0 Å². The number of hydrogen-bond acceptors (Lipinski definition) is 0. The molecule has 0 aliphatic rings. The van der Waals surface area contributed by atoms with Gasteiger partial charge in [-0.2, -0.15) is 0 Å². The molecule has 0 radical (unpaired) electrons. The van der Waals surface area contributed by atoms with Crippen molar-refractivity contribution in [2.45, 2.75) is 29.7 Å². The Morgan fingerprint density at radius 3 is 2.11 bits per heavy atom. The molecule has 0 N–H and O–H groups in total. The standard InChI is InChI=1S/C17H19.BrH.Mg/c1-4-10-16(11-5-1)14-8-3-9-15-17-12-6-2-7-13-17;;/h1-2,4-7,10-14H,3,8-9,15H2;1H;/q;;+1/p-1. The highest BCUT2D eigenvalue weighted by Gasteiger charge is 2.12. The molecule has 2 aromatic carbocycles. The topological polar surface area (TPSA) is 0 Å². The molecule has 0 fully saturated rings. The van der Waals surface area contributed by atoms with Crippen LogP contribution in [-0.4, -0.2) is 18.2 Å². The van der Waals surface area contributed by atoms with Gasteiger partial charge >= 0.3 is 18.2 Å². The maximum absolute atomic E-state index is 3.79. The quantitative estimate of drug-likeness (QED) is 0.487. The first-order chi connectivity index (χ1) is 9.40. The Balaban J connectivity index is 1.75. The lowest BCUT2D eigenvalue weighted by atomic mass is 10.0. The van der Waals surface area contributed by atoms with Crippen LogP contribution in [0.2, 0.25) is 0 Å². The van der Waals surface area contributed by atoms with Gasteiger partial charge in [-0.1, -0.05) is 83.1 Å². The molecule has 1 unspecified atom stereocenters. The summed E-state index contributed by atoms with van der Waals surface area (Å²) >= 11 is 3.64. The van der Waals surface area contributed by atoms with Gasteiger partial charge < -0.3 is 12.9 Å². The van der Waals surface area contributed by atoms with E-state index in [1.165, 1.54) is 36.8 Å². The van der Waals surface area contributed by atoms with E-state index in [0.29, 0.717) is 0 Å². The molecule has 2 aromatic rings. The molecule has 0 spiro atoms. The van der Waals surface area contributed by atoms with E-state index in [1.807, 2.05) is 0 Å². The van der Waals surface area contributed by atoms with Crippen molar-refractivity contribution in [3.05, 3.63) is 71.8 Å². The lowest BCUT2D eigenvalue weighted by Crippen LogP contribution is -2.03. The monoisotopic (exact) mass is 326 g/mol. The summed E-state index contributed by atoms with van der Waals surface area (Å²) in [5.74, 6) is 0. The van der Waals surface area contributed by atoms with Gasteiger partial charge in [0.1, 0.15) is 0 Å². The van der Waals surface area contributed by atoms with Gasteiger partial charge in [-0.3, -0.25) is 0 Å². The normalized spacial score (nSPS) is 11.8. The van der Waals surface area contributed by atoms with E-state index in [9.17, 15) is 0 Å². The minimum absolute atomic E-state index is 0.149. The van der Waals surface area contributed by atoms with Crippen molar-refractivity contribution in [1.29, 1.82) is 0 Å². The fourth-order valence-corrected chi connectivity index (χ4v) is 5.41. The van der Waals surface area contributed by atoms with Crippen LogP contribution in [0.15, 0.2) is 60.7 Å². The highest BCUT2D eigenvalue weighted by molar-refractivity contribution is 9.23. The second-order valence-electron chi connectivity index (χ2n) is 4.99. The Bertz CT molecular complexity index is 455. The first-order valence-electron chi connectivity index (χ1n) is 7.05. The van der Waals surface area contributed by atoms with Crippen LogP contribution in [0.3, 0.4) is 0 Å². The predicted octanol–water partition coefficient (Wildman–Crippen LogP) is 5.15. The van der Waals surface area contributed by atoms with Gasteiger partial charge in [0.2, 0.25) is 0 Å².